The van der Waals surface area contributed by atoms with E-state index < -0.39 is 0 Å². The van der Waals surface area contributed by atoms with Crippen LogP contribution in [0.5, 0.6) is 0 Å². The van der Waals surface area contributed by atoms with Gasteiger partial charge in [-0.25, -0.2) is 4.79 Å². The van der Waals surface area contributed by atoms with Crippen molar-refractivity contribution in [3.8, 4) is 0 Å². The molecule has 1 fully saturated rings. The van der Waals surface area contributed by atoms with Gasteiger partial charge in [0.05, 0.1) is 6.54 Å². The number of Topliss-reactive ketones (excluding diaryl/α,β-unsaturated/α-hetero) is 1. The molecule has 1 heterocycles. The molecule has 14 heavy (non-hydrogen) atoms. The van der Waals surface area contributed by atoms with Gasteiger partial charge in [-0.1, -0.05) is 0 Å². The molecule has 0 aromatic carbocycles. The highest BCUT2D eigenvalue weighted by Crippen LogP contribution is 2.00. The normalized spacial score (nSPS) is 21.4. The largest absolute Gasteiger partial charge is 0.334 e. The van der Waals surface area contributed by atoms with Gasteiger partial charge in [-0.05, 0) is 26.3 Å². The smallest absolute Gasteiger partial charge is 0.315 e. The third kappa shape index (κ3) is 4.23. The highest BCUT2D eigenvalue weighted by atomic mass is 16.2. The van der Waals surface area contributed by atoms with Gasteiger partial charge in [-0.3, -0.25) is 4.79 Å². The molecule has 0 saturated carbocycles. The standard InChI is InChI=1S/C9H17N3O2/c1-7(13)5-11-9(14)12-8-3-2-4-10-6-8/h8,10H,2-6H2,1H3,(H2,11,12,14). The van der Waals surface area contributed by atoms with E-state index in [1.54, 1.807) is 0 Å². The Bertz CT molecular complexity index is 212. The summed E-state index contributed by atoms with van der Waals surface area (Å²) in [6, 6.07) is -0.0652. The Morgan fingerprint density at radius 3 is 2.86 bits per heavy atom. The number of ketones is 1. The number of piperidine rings is 1. The van der Waals surface area contributed by atoms with Gasteiger partial charge < -0.3 is 16.0 Å². The Hall–Kier alpha value is -1.10. The quantitative estimate of drug-likeness (QED) is 0.580. The topological polar surface area (TPSA) is 70.2 Å². The summed E-state index contributed by atoms with van der Waals surface area (Å²) < 4.78 is 0. The summed E-state index contributed by atoms with van der Waals surface area (Å²) in [5.41, 5.74) is 0. The number of hydrogen-bond donors (Lipinski definition) is 3. The molecule has 0 spiro atoms. The van der Waals surface area contributed by atoms with Crippen molar-refractivity contribution in [1.82, 2.24) is 16.0 Å². The summed E-state index contributed by atoms with van der Waals surface area (Å²) in [5.74, 6) is -0.0399. The highest BCUT2D eigenvalue weighted by molar-refractivity contribution is 5.83. The van der Waals surface area contributed by atoms with Crippen LogP contribution in [0.4, 0.5) is 4.79 Å². The van der Waals surface area contributed by atoms with Crippen molar-refractivity contribution in [3.05, 3.63) is 0 Å². The summed E-state index contributed by atoms with van der Waals surface area (Å²) in [6.45, 7) is 3.38. The van der Waals surface area contributed by atoms with Gasteiger partial charge in [-0.15, -0.1) is 0 Å². The molecule has 1 rings (SSSR count). The van der Waals surface area contributed by atoms with Crippen molar-refractivity contribution in [3.63, 3.8) is 0 Å². The van der Waals surface area contributed by atoms with E-state index >= 15 is 0 Å². The lowest BCUT2D eigenvalue weighted by Gasteiger charge is -2.23. The van der Waals surface area contributed by atoms with Gasteiger partial charge in [0.25, 0.3) is 0 Å². The number of carbonyl (C=O) groups excluding carboxylic acids is 2. The maximum atomic E-state index is 11.2. The van der Waals surface area contributed by atoms with Gasteiger partial charge in [0.15, 0.2) is 0 Å². The van der Waals surface area contributed by atoms with Crippen LogP contribution in [-0.4, -0.2) is 37.5 Å². The number of hydrogen-bond acceptors (Lipinski definition) is 3. The number of amides is 2. The van der Waals surface area contributed by atoms with E-state index in [9.17, 15) is 9.59 Å². The minimum Gasteiger partial charge on any atom is -0.334 e. The molecule has 1 aliphatic rings. The average Bonchev–Trinajstić information content (AvgIpc) is 2.16. The lowest BCUT2D eigenvalue weighted by molar-refractivity contribution is -0.116. The van der Waals surface area contributed by atoms with Crippen LogP contribution in [0.25, 0.3) is 0 Å². The third-order valence-electron chi connectivity index (χ3n) is 2.13. The fourth-order valence-electron chi connectivity index (χ4n) is 1.42. The molecular formula is C9H17N3O2. The predicted molar refractivity (Wildman–Crippen MR) is 53.1 cm³/mol. The van der Waals surface area contributed by atoms with E-state index in [0.717, 1.165) is 25.9 Å². The first-order chi connectivity index (χ1) is 6.68. The minimum atomic E-state index is -0.256. The lowest BCUT2D eigenvalue weighted by Crippen LogP contribution is -2.49. The monoisotopic (exact) mass is 199 g/mol. The molecule has 3 N–H and O–H groups in total. The van der Waals surface area contributed by atoms with Crippen LogP contribution in [0.1, 0.15) is 19.8 Å². The molecule has 5 heteroatoms. The first-order valence-electron chi connectivity index (χ1n) is 4.93. The van der Waals surface area contributed by atoms with Crippen LogP contribution in [-0.2, 0) is 4.79 Å². The molecule has 0 radical (unpaired) electrons. The van der Waals surface area contributed by atoms with Gasteiger partial charge in [-0.2, -0.15) is 0 Å². The van der Waals surface area contributed by atoms with Crippen molar-refractivity contribution in [2.24, 2.45) is 0 Å². The maximum absolute atomic E-state index is 11.2. The Balaban J connectivity index is 2.15. The predicted octanol–water partition coefficient (Wildman–Crippen LogP) is -0.373. The lowest BCUT2D eigenvalue weighted by atomic mass is 10.1. The molecule has 80 valence electrons. The molecule has 1 aliphatic heterocycles. The Labute approximate surface area is 83.6 Å². The van der Waals surface area contributed by atoms with Crippen LogP contribution >= 0.6 is 0 Å². The molecule has 0 aromatic heterocycles. The van der Waals surface area contributed by atoms with Gasteiger partial charge in [0, 0.05) is 12.6 Å². The maximum Gasteiger partial charge on any atom is 0.315 e. The zero-order valence-corrected chi connectivity index (χ0v) is 8.43. The Morgan fingerprint density at radius 1 is 1.50 bits per heavy atom. The van der Waals surface area contributed by atoms with Crippen molar-refractivity contribution < 1.29 is 9.59 Å². The minimum absolute atomic E-state index is 0.0399. The third-order valence-corrected chi connectivity index (χ3v) is 2.13. The second-order valence-electron chi connectivity index (χ2n) is 3.57. The summed E-state index contributed by atoms with van der Waals surface area (Å²) in [6.07, 6.45) is 2.08. The molecule has 0 aromatic rings. The zero-order chi connectivity index (χ0) is 10.4. The van der Waals surface area contributed by atoms with Crippen LogP contribution < -0.4 is 16.0 Å². The van der Waals surface area contributed by atoms with Gasteiger partial charge in [0.1, 0.15) is 5.78 Å². The fraction of sp³-hybridized carbons (Fsp3) is 0.778. The van der Waals surface area contributed by atoms with Crippen LogP contribution in [0.15, 0.2) is 0 Å². The van der Waals surface area contributed by atoms with Gasteiger partial charge >= 0.3 is 6.03 Å². The SMILES string of the molecule is CC(=O)CNC(=O)NC1CCCNC1. The summed E-state index contributed by atoms with van der Waals surface area (Å²) in [5, 5.41) is 8.51. The number of rotatable bonds is 3. The molecule has 1 atom stereocenters. The first-order valence-corrected chi connectivity index (χ1v) is 4.93. The van der Waals surface area contributed by atoms with E-state index in [2.05, 4.69) is 16.0 Å². The van der Waals surface area contributed by atoms with Crippen LogP contribution in [0.3, 0.4) is 0 Å². The first kappa shape index (κ1) is 11.0. The van der Waals surface area contributed by atoms with E-state index in [-0.39, 0.29) is 24.4 Å². The van der Waals surface area contributed by atoms with E-state index in [1.807, 2.05) is 0 Å². The van der Waals surface area contributed by atoms with Crippen molar-refractivity contribution in [1.29, 1.82) is 0 Å². The van der Waals surface area contributed by atoms with Gasteiger partial charge in [0.2, 0.25) is 0 Å². The molecule has 0 bridgehead atoms. The second kappa shape index (κ2) is 5.59. The number of urea groups is 1. The van der Waals surface area contributed by atoms with Crippen molar-refractivity contribution >= 4 is 11.8 Å². The van der Waals surface area contributed by atoms with E-state index in [0.29, 0.717) is 0 Å². The molecular weight excluding hydrogens is 182 g/mol. The molecule has 1 unspecified atom stereocenters. The van der Waals surface area contributed by atoms with E-state index in [1.165, 1.54) is 6.92 Å². The highest BCUT2D eigenvalue weighted by Gasteiger charge is 2.14. The molecule has 2 amide bonds. The Morgan fingerprint density at radius 2 is 2.29 bits per heavy atom. The number of nitrogens with one attached hydrogen (secondary N) is 3. The second-order valence-corrected chi connectivity index (χ2v) is 3.57. The van der Waals surface area contributed by atoms with Crippen molar-refractivity contribution in [2.75, 3.05) is 19.6 Å². The summed E-state index contributed by atoms with van der Waals surface area (Å²) in [7, 11) is 0. The molecule has 5 nitrogen and oxygen atoms in total. The average molecular weight is 199 g/mol. The Kier molecular flexibility index (Phi) is 4.39. The van der Waals surface area contributed by atoms with Crippen LogP contribution in [0, 0.1) is 0 Å². The fourth-order valence-corrected chi connectivity index (χ4v) is 1.42. The molecule has 1 saturated heterocycles. The number of carbonyl (C=O) groups is 2. The summed E-state index contributed by atoms with van der Waals surface area (Å²) in [4.78, 5) is 21.8. The zero-order valence-electron chi connectivity index (χ0n) is 8.43. The molecule has 0 aliphatic carbocycles. The van der Waals surface area contributed by atoms with E-state index in [4.69, 9.17) is 0 Å². The van der Waals surface area contributed by atoms with Crippen LogP contribution in [0.2, 0.25) is 0 Å². The summed E-state index contributed by atoms with van der Waals surface area (Å²) >= 11 is 0. The van der Waals surface area contributed by atoms with Crippen molar-refractivity contribution in [2.45, 2.75) is 25.8 Å².